The molecule has 18 heavy (non-hydrogen) atoms. The summed E-state index contributed by atoms with van der Waals surface area (Å²) in [5.41, 5.74) is 3.76. The van der Waals surface area contributed by atoms with E-state index in [9.17, 15) is 0 Å². The predicted molar refractivity (Wildman–Crippen MR) is 78.2 cm³/mol. The number of nitrogens with zero attached hydrogens (tertiary/aromatic N) is 1. The largest absolute Gasteiger partial charge is 0.380 e. The molecular formula is C14H12BrClN2. The molecular weight excluding hydrogens is 312 g/mol. The molecule has 1 aromatic carbocycles. The van der Waals surface area contributed by atoms with E-state index < -0.39 is 0 Å². The third-order valence-electron chi connectivity index (χ3n) is 3.24. The normalized spacial score (nSPS) is 17.6. The van der Waals surface area contributed by atoms with E-state index in [4.69, 9.17) is 11.6 Å². The molecule has 0 saturated heterocycles. The maximum absolute atomic E-state index is 6.12. The highest BCUT2D eigenvalue weighted by atomic mass is 79.9. The van der Waals surface area contributed by atoms with Crippen LogP contribution in [0.2, 0.25) is 5.02 Å². The van der Waals surface area contributed by atoms with Gasteiger partial charge in [0.25, 0.3) is 0 Å². The van der Waals surface area contributed by atoms with Crippen molar-refractivity contribution in [2.45, 2.75) is 18.9 Å². The van der Waals surface area contributed by atoms with Crippen LogP contribution in [0.5, 0.6) is 0 Å². The van der Waals surface area contributed by atoms with Crippen LogP contribution in [-0.2, 0) is 12.8 Å². The lowest BCUT2D eigenvalue weighted by Crippen LogP contribution is -2.19. The molecule has 0 radical (unpaired) electrons. The zero-order chi connectivity index (χ0) is 12.5. The van der Waals surface area contributed by atoms with Gasteiger partial charge in [-0.05, 0) is 58.1 Å². The van der Waals surface area contributed by atoms with Crippen LogP contribution in [0.25, 0.3) is 0 Å². The van der Waals surface area contributed by atoms with Gasteiger partial charge in [0.15, 0.2) is 0 Å². The summed E-state index contributed by atoms with van der Waals surface area (Å²) in [4.78, 5) is 4.11. The molecule has 2 aromatic rings. The van der Waals surface area contributed by atoms with Crippen molar-refractivity contribution in [3.05, 3.63) is 57.3 Å². The second-order valence-corrected chi connectivity index (χ2v) is 5.69. The number of anilines is 1. The van der Waals surface area contributed by atoms with Gasteiger partial charge >= 0.3 is 0 Å². The van der Waals surface area contributed by atoms with Gasteiger partial charge in [-0.3, -0.25) is 4.98 Å². The zero-order valence-electron chi connectivity index (χ0n) is 9.66. The minimum atomic E-state index is 0.416. The Morgan fingerprint density at radius 1 is 1.28 bits per heavy atom. The molecule has 1 aromatic heterocycles. The summed E-state index contributed by atoms with van der Waals surface area (Å²) in [6, 6.07) is 8.47. The van der Waals surface area contributed by atoms with E-state index in [0.29, 0.717) is 6.04 Å². The fourth-order valence-corrected chi connectivity index (χ4v) is 3.14. The van der Waals surface area contributed by atoms with Gasteiger partial charge in [-0.2, -0.15) is 0 Å². The van der Waals surface area contributed by atoms with Gasteiger partial charge in [-0.15, -0.1) is 0 Å². The van der Waals surface area contributed by atoms with E-state index in [1.807, 2.05) is 24.4 Å². The summed E-state index contributed by atoms with van der Waals surface area (Å²) in [5, 5.41) is 4.30. The Kier molecular flexibility index (Phi) is 3.27. The summed E-state index contributed by atoms with van der Waals surface area (Å²) in [6.07, 6.45) is 5.65. The van der Waals surface area contributed by atoms with Crippen LogP contribution in [0.3, 0.4) is 0 Å². The van der Waals surface area contributed by atoms with E-state index in [0.717, 1.165) is 28.0 Å². The Hall–Kier alpha value is -1.06. The Bertz CT molecular complexity index is 572. The third kappa shape index (κ3) is 2.25. The molecule has 3 rings (SSSR count). The average molecular weight is 324 g/mol. The van der Waals surface area contributed by atoms with Crippen molar-refractivity contribution in [1.82, 2.24) is 4.98 Å². The molecule has 1 unspecified atom stereocenters. The smallest absolute Gasteiger partial charge is 0.0551 e. The minimum Gasteiger partial charge on any atom is -0.380 e. The number of aromatic nitrogens is 1. The van der Waals surface area contributed by atoms with Crippen LogP contribution in [0.4, 0.5) is 5.69 Å². The molecule has 0 aliphatic heterocycles. The van der Waals surface area contributed by atoms with Gasteiger partial charge in [0.1, 0.15) is 0 Å². The summed E-state index contributed by atoms with van der Waals surface area (Å²) in [7, 11) is 0. The Labute approximate surface area is 120 Å². The maximum Gasteiger partial charge on any atom is 0.0551 e. The second-order valence-electron chi connectivity index (χ2n) is 4.49. The number of benzene rings is 1. The quantitative estimate of drug-likeness (QED) is 0.901. The first-order chi connectivity index (χ1) is 8.74. The molecule has 1 atom stereocenters. The molecule has 0 saturated carbocycles. The van der Waals surface area contributed by atoms with Crippen molar-refractivity contribution in [3.8, 4) is 0 Å². The van der Waals surface area contributed by atoms with Gasteiger partial charge in [-0.1, -0.05) is 17.7 Å². The molecule has 1 aliphatic rings. The highest BCUT2D eigenvalue weighted by Crippen LogP contribution is 2.35. The second kappa shape index (κ2) is 4.90. The topological polar surface area (TPSA) is 24.9 Å². The number of nitrogens with one attached hydrogen (secondary N) is 1. The number of fused-ring (bicyclic) bond motifs is 1. The lowest BCUT2D eigenvalue weighted by atomic mass is 10.1. The van der Waals surface area contributed by atoms with Gasteiger partial charge < -0.3 is 5.32 Å². The third-order valence-corrected chi connectivity index (χ3v) is 4.69. The molecule has 1 aliphatic carbocycles. The van der Waals surface area contributed by atoms with E-state index in [1.54, 1.807) is 6.20 Å². The Morgan fingerprint density at radius 3 is 2.94 bits per heavy atom. The number of halogens is 2. The van der Waals surface area contributed by atoms with E-state index in [-0.39, 0.29) is 0 Å². The molecule has 1 heterocycles. The van der Waals surface area contributed by atoms with Crippen LogP contribution in [0.1, 0.15) is 11.1 Å². The Balaban J connectivity index is 1.79. The van der Waals surface area contributed by atoms with Gasteiger partial charge in [-0.25, -0.2) is 0 Å². The van der Waals surface area contributed by atoms with Gasteiger partial charge in [0, 0.05) is 22.9 Å². The maximum atomic E-state index is 6.12. The lowest BCUT2D eigenvalue weighted by molar-refractivity contribution is 0.773. The highest BCUT2D eigenvalue weighted by molar-refractivity contribution is 9.10. The first-order valence-corrected chi connectivity index (χ1v) is 7.03. The van der Waals surface area contributed by atoms with Crippen LogP contribution in [0.15, 0.2) is 41.1 Å². The van der Waals surface area contributed by atoms with Crippen molar-refractivity contribution in [2.75, 3.05) is 5.32 Å². The van der Waals surface area contributed by atoms with Gasteiger partial charge in [0.05, 0.1) is 10.7 Å². The van der Waals surface area contributed by atoms with E-state index in [1.165, 1.54) is 11.1 Å². The van der Waals surface area contributed by atoms with Gasteiger partial charge in [0.2, 0.25) is 0 Å². The first kappa shape index (κ1) is 12.0. The molecule has 0 fully saturated rings. The van der Waals surface area contributed by atoms with Crippen LogP contribution >= 0.6 is 27.5 Å². The molecule has 2 nitrogen and oxygen atoms in total. The fraction of sp³-hybridized carbons (Fsp3) is 0.214. The van der Waals surface area contributed by atoms with Crippen molar-refractivity contribution in [2.24, 2.45) is 0 Å². The molecule has 4 heteroatoms. The fourth-order valence-electron chi connectivity index (χ4n) is 2.41. The Morgan fingerprint density at radius 2 is 2.17 bits per heavy atom. The summed E-state index contributed by atoms with van der Waals surface area (Å²) in [5.74, 6) is 0. The monoisotopic (exact) mass is 322 g/mol. The standard InChI is InChI=1S/C14H12BrClN2/c15-14-12-7-11(6-9(12)3-4-13(14)16)18-10-2-1-5-17-8-10/h1-5,8,11,18H,6-7H2. The molecule has 1 N–H and O–H groups in total. The number of hydrogen-bond acceptors (Lipinski definition) is 2. The molecule has 0 bridgehead atoms. The predicted octanol–water partition coefficient (Wildman–Crippen LogP) is 4.08. The summed E-state index contributed by atoms with van der Waals surface area (Å²) >= 11 is 9.70. The average Bonchev–Trinajstić information content (AvgIpc) is 2.79. The number of rotatable bonds is 2. The number of hydrogen-bond donors (Lipinski definition) is 1. The number of pyridine rings is 1. The molecule has 0 amide bonds. The summed E-state index contributed by atoms with van der Waals surface area (Å²) in [6.45, 7) is 0. The zero-order valence-corrected chi connectivity index (χ0v) is 12.0. The SMILES string of the molecule is Clc1ccc2c(c1Br)CC(Nc1cccnc1)C2. The van der Waals surface area contributed by atoms with Crippen LogP contribution in [-0.4, -0.2) is 11.0 Å². The van der Waals surface area contributed by atoms with Crippen LogP contribution in [0, 0.1) is 0 Å². The highest BCUT2D eigenvalue weighted by Gasteiger charge is 2.24. The van der Waals surface area contributed by atoms with Crippen molar-refractivity contribution in [3.63, 3.8) is 0 Å². The lowest BCUT2D eigenvalue weighted by Gasteiger charge is -2.12. The van der Waals surface area contributed by atoms with Crippen molar-refractivity contribution >= 4 is 33.2 Å². The molecule has 0 spiro atoms. The van der Waals surface area contributed by atoms with Crippen molar-refractivity contribution < 1.29 is 0 Å². The van der Waals surface area contributed by atoms with E-state index >= 15 is 0 Å². The van der Waals surface area contributed by atoms with Crippen LogP contribution < -0.4 is 5.32 Å². The van der Waals surface area contributed by atoms with E-state index in [2.05, 4.69) is 32.3 Å². The van der Waals surface area contributed by atoms with Crippen molar-refractivity contribution in [1.29, 1.82) is 0 Å². The first-order valence-electron chi connectivity index (χ1n) is 5.86. The summed E-state index contributed by atoms with van der Waals surface area (Å²) < 4.78 is 1.04. The molecule has 92 valence electrons. The minimum absolute atomic E-state index is 0.416.